The van der Waals surface area contributed by atoms with E-state index in [1.54, 1.807) is 18.7 Å². The van der Waals surface area contributed by atoms with Gasteiger partial charge in [0.15, 0.2) is 28.1 Å². The van der Waals surface area contributed by atoms with Crippen LogP contribution in [0.4, 0.5) is 0 Å². The van der Waals surface area contributed by atoms with E-state index in [2.05, 4.69) is 16.5 Å². The van der Waals surface area contributed by atoms with E-state index < -0.39 is 0 Å². The number of hydrogen-bond donors (Lipinski definition) is 1. The third kappa shape index (κ3) is 5.98. The Kier molecular flexibility index (Phi) is 7.97. The third-order valence-electron chi connectivity index (χ3n) is 6.36. The van der Waals surface area contributed by atoms with Gasteiger partial charge in [0.25, 0.3) is 0 Å². The van der Waals surface area contributed by atoms with E-state index in [9.17, 15) is 4.79 Å². The summed E-state index contributed by atoms with van der Waals surface area (Å²) in [6.45, 7) is 5.23. The maximum atomic E-state index is 12.7. The molecule has 0 atom stereocenters. The zero-order valence-electron chi connectivity index (χ0n) is 22.5. The fourth-order valence-electron chi connectivity index (χ4n) is 4.44. The molecule has 5 aromatic rings. The van der Waals surface area contributed by atoms with Crippen LogP contribution >= 0.6 is 11.8 Å². The first-order chi connectivity index (χ1) is 18.9. The van der Waals surface area contributed by atoms with Gasteiger partial charge in [-0.1, -0.05) is 30.0 Å². The molecular formula is C28H31N7O3S. The summed E-state index contributed by atoms with van der Waals surface area (Å²) in [5.74, 6) is 2.20. The molecule has 0 radical (unpaired) electrons. The van der Waals surface area contributed by atoms with E-state index in [0.29, 0.717) is 48.4 Å². The van der Waals surface area contributed by atoms with Crippen molar-refractivity contribution in [3.05, 3.63) is 71.3 Å². The number of nitrogens with one attached hydrogen (secondary N) is 1. The van der Waals surface area contributed by atoms with E-state index in [4.69, 9.17) is 24.5 Å². The third-order valence-corrected chi connectivity index (χ3v) is 7.29. The normalized spacial score (nSPS) is 11.3. The Hall–Kier alpha value is -4.12. The molecule has 1 N–H and O–H groups in total. The average Bonchev–Trinajstić information content (AvgIpc) is 3.52. The van der Waals surface area contributed by atoms with E-state index in [1.807, 2.05) is 61.0 Å². The quantitative estimate of drug-likeness (QED) is 0.197. The maximum Gasteiger partial charge on any atom is 0.230 e. The van der Waals surface area contributed by atoms with Crippen molar-refractivity contribution in [1.29, 1.82) is 0 Å². The molecule has 0 aliphatic heterocycles. The molecule has 0 spiro atoms. The van der Waals surface area contributed by atoms with Crippen LogP contribution in [0.3, 0.4) is 0 Å². The number of nitrogens with zero attached hydrogens (tertiary/aromatic N) is 6. The van der Waals surface area contributed by atoms with Crippen LogP contribution in [-0.2, 0) is 24.2 Å². The fourth-order valence-corrected chi connectivity index (χ4v) is 5.22. The number of ether oxygens (including phenoxy) is 2. The van der Waals surface area contributed by atoms with Crippen molar-refractivity contribution < 1.29 is 14.3 Å². The number of carbonyl (C=O) groups is 1. The summed E-state index contributed by atoms with van der Waals surface area (Å²) in [5, 5.41) is 13.8. The maximum absolute atomic E-state index is 12.7. The molecule has 3 aromatic heterocycles. The molecule has 0 saturated carbocycles. The van der Waals surface area contributed by atoms with Crippen LogP contribution in [-0.4, -0.2) is 61.8 Å². The van der Waals surface area contributed by atoms with Gasteiger partial charge in [-0.3, -0.25) is 9.48 Å². The van der Waals surface area contributed by atoms with Crippen LogP contribution in [0.15, 0.2) is 53.7 Å². The molecule has 202 valence electrons. The molecule has 0 fully saturated rings. The predicted molar refractivity (Wildman–Crippen MR) is 151 cm³/mol. The lowest BCUT2D eigenvalue weighted by Crippen LogP contribution is -2.27. The molecule has 3 heterocycles. The smallest absolute Gasteiger partial charge is 0.230 e. The molecular weight excluding hydrogens is 514 g/mol. The van der Waals surface area contributed by atoms with Gasteiger partial charge in [0.05, 0.1) is 31.2 Å². The van der Waals surface area contributed by atoms with Crippen LogP contribution in [0, 0.1) is 13.8 Å². The molecule has 11 heteroatoms. The molecule has 0 aliphatic rings. The highest BCUT2D eigenvalue weighted by Gasteiger charge is 2.16. The number of fused-ring (bicyclic) bond motifs is 3. The summed E-state index contributed by atoms with van der Waals surface area (Å²) in [7, 11) is 3.22. The van der Waals surface area contributed by atoms with Gasteiger partial charge in [-0.25, -0.2) is 9.97 Å². The number of thioether (sulfide) groups is 1. The summed E-state index contributed by atoms with van der Waals surface area (Å²) in [5.41, 5.74) is 4.71. The molecule has 39 heavy (non-hydrogen) atoms. The molecule has 5 rings (SSSR count). The lowest BCUT2D eigenvalue weighted by molar-refractivity contribution is -0.118. The van der Waals surface area contributed by atoms with Gasteiger partial charge in [0, 0.05) is 30.6 Å². The van der Waals surface area contributed by atoms with Crippen LogP contribution < -0.4 is 14.8 Å². The summed E-state index contributed by atoms with van der Waals surface area (Å²) in [6, 6.07) is 15.7. The monoisotopic (exact) mass is 545 g/mol. The van der Waals surface area contributed by atoms with Crippen molar-refractivity contribution in [1.82, 2.24) is 34.7 Å². The van der Waals surface area contributed by atoms with Gasteiger partial charge < -0.3 is 14.8 Å². The van der Waals surface area contributed by atoms with Crippen molar-refractivity contribution in [2.75, 3.05) is 26.5 Å². The van der Waals surface area contributed by atoms with Gasteiger partial charge in [0.2, 0.25) is 5.91 Å². The van der Waals surface area contributed by atoms with Crippen LogP contribution in [0.5, 0.6) is 11.5 Å². The standard InChI is InChI=1S/C28H31N7O3S/c1-18-15-19(2)34(32-18)14-12-25-31-27-21-7-5-6-8-22(21)30-28(35(27)33-25)39-17-26(36)29-13-11-20-9-10-23(37-3)24(16-20)38-4/h5-10,15-16H,11-14,17H2,1-4H3,(H,29,36). The van der Waals surface area contributed by atoms with Crippen LogP contribution in [0.1, 0.15) is 22.8 Å². The van der Waals surface area contributed by atoms with E-state index in [0.717, 1.165) is 33.5 Å². The second-order valence-corrected chi connectivity index (χ2v) is 10.1. The Morgan fingerprint density at radius 3 is 2.56 bits per heavy atom. The number of amides is 1. The number of para-hydroxylation sites is 1. The van der Waals surface area contributed by atoms with Crippen molar-refractivity contribution >= 4 is 34.2 Å². The molecule has 0 aliphatic carbocycles. The first kappa shape index (κ1) is 26.5. The van der Waals surface area contributed by atoms with Crippen LogP contribution in [0.25, 0.3) is 16.6 Å². The van der Waals surface area contributed by atoms with Crippen molar-refractivity contribution in [2.24, 2.45) is 0 Å². The summed E-state index contributed by atoms with van der Waals surface area (Å²) < 4.78 is 14.4. The summed E-state index contributed by atoms with van der Waals surface area (Å²) in [6.07, 6.45) is 1.32. The second kappa shape index (κ2) is 11.7. The van der Waals surface area contributed by atoms with Gasteiger partial charge in [-0.2, -0.15) is 9.61 Å². The van der Waals surface area contributed by atoms with Crippen molar-refractivity contribution in [3.63, 3.8) is 0 Å². The van der Waals surface area contributed by atoms with Gasteiger partial charge in [-0.05, 0) is 56.2 Å². The van der Waals surface area contributed by atoms with E-state index in [1.165, 1.54) is 11.8 Å². The summed E-state index contributed by atoms with van der Waals surface area (Å²) >= 11 is 1.35. The lowest BCUT2D eigenvalue weighted by atomic mass is 10.1. The number of methoxy groups -OCH3 is 2. The minimum atomic E-state index is -0.0755. The largest absolute Gasteiger partial charge is 0.493 e. The van der Waals surface area contributed by atoms with Gasteiger partial charge in [0.1, 0.15) is 0 Å². The Morgan fingerprint density at radius 2 is 1.79 bits per heavy atom. The minimum absolute atomic E-state index is 0.0755. The zero-order chi connectivity index (χ0) is 27.4. The number of carbonyl (C=O) groups excluding carboxylic acids is 1. The van der Waals surface area contributed by atoms with Gasteiger partial charge in [-0.15, -0.1) is 5.10 Å². The molecule has 1 amide bonds. The van der Waals surface area contributed by atoms with Crippen LogP contribution in [0.2, 0.25) is 0 Å². The first-order valence-electron chi connectivity index (χ1n) is 12.7. The highest BCUT2D eigenvalue weighted by molar-refractivity contribution is 7.99. The van der Waals surface area contributed by atoms with Gasteiger partial charge >= 0.3 is 0 Å². The SMILES string of the molecule is COc1ccc(CCNC(=O)CSc2nc3ccccc3c3nc(CCn4nc(C)cc4C)nn23)cc1OC. The Bertz CT molecular complexity index is 1630. The van der Waals surface area contributed by atoms with E-state index in [-0.39, 0.29) is 11.7 Å². The number of rotatable bonds is 11. The summed E-state index contributed by atoms with van der Waals surface area (Å²) in [4.78, 5) is 22.3. The Labute approximate surface area is 230 Å². The van der Waals surface area contributed by atoms with E-state index >= 15 is 0 Å². The molecule has 0 bridgehead atoms. The number of aromatic nitrogens is 6. The Balaban J connectivity index is 1.26. The predicted octanol–water partition coefficient (Wildman–Crippen LogP) is 3.80. The first-order valence-corrected chi connectivity index (χ1v) is 13.7. The number of benzene rings is 2. The molecule has 0 unspecified atom stereocenters. The fraction of sp³-hybridized carbons (Fsp3) is 0.321. The highest BCUT2D eigenvalue weighted by atomic mass is 32.2. The zero-order valence-corrected chi connectivity index (χ0v) is 23.3. The molecule has 0 saturated heterocycles. The molecule has 2 aromatic carbocycles. The topological polar surface area (TPSA) is 108 Å². The van der Waals surface area contributed by atoms with Crippen molar-refractivity contribution in [2.45, 2.75) is 38.4 Å². The number of hydrogen-bond acceptors (Lipinski definition) is 8. The number of aryl methyl sites for hydroxylation is 4. The highest BCUT2D eigenvalue weighted by Crippen LogP contribution is 2.28. The minimum Gasteiger partial charge on any atom is -0.493 e. The Morgan fingerprint density at radius 1 is 0.974 bits per heavy atom. The second-order valence-electron chi connectivity index (χ2n) is 9.15. The average molecular weight is 546 g/mol. The van der Waals surface area contributed by atoms with Crippen molar-refractivity contribution in [3.8, 4) is 11.5 Å². The molecule has 10 nitrogen and oxygen atoms in total. The lowest BCUT2D eigenvalue weighted by Gasteiger charge is -2.10.